The number of rotatable bonds is 6. The maximum Gasteiger partial charge on any atom is 0.306 e. The summed E-state index contributed by atoms with van der Waals surface area (Å²) in [7, 11) is 0. The SMILES string of the molecule is Cc1cc(-n2c(C)cc(C(=O)COC(=O)C[C@@H]3C[C@H]4CC[C@@H]3C4)c2C)no1. The molecule has 0 spiro atoms. The molecule has 0 amide bonds. The molecule has 2 bridgehead atoms. The van der Waals surface area contributed by atoms with Crippen LogP contribution in [0.3, 0.4) is 0 Å². The van der Waals surface area contributed by atoms with Crippen LogP contribution in [-0.2, 0) is 9.53 Å². The van der Waals surface area contributed by atoms with Crippen LogP contribution in [0.5, 0.6) is 0 Å². The molecule has 6 heteroatoms. The van der Waals surface area contributed by atoms with Crippen molar-refractivity contribution in [3.8, 4) is 5.82 Å². The molecular weight excluding hydrogens is 344 g/mol. The number of hydrogen-bond acceptors (Lipinski definition) is 5. The zero-order valence-corrected chi connectivity index (χ0v) is 16.2. The van der Waals surface area contributed by atoms with Crippen LogP contribution in [0.2, 0.25) is 0 Å². The molecule has 0 radical (unpaired) electrons. The van der Waals surface area contributed by atoms with E-state index in [1.165, 1.54) is 19.3 Å². The molecule has 2 aromatic heterocycles. The highest BCUT2D eigenvalue weighted by molar-refractivity contribution is 5.99. The first-order valence-electron chi connectivity index (χ1n) is 9.74. The van der Waals surface area contributed by atoms with Crippen molar-refractivity contribution in [2.75, 3.05) is 6.61 Å². The van der Waals surface area contributed by atoms with E-state index in [0.29, 0.717) is 35.4 Å². The Kier molecular flexibility index (Phi) is 4.66. The van der Waals surface area contributed by atoms with Gasteiger partial charge in [-0.25, -0.2) is 0 Å². The molecule has 27 heavy (non-hydrogen) atoms. The topological polar surface area (TPSA) is 74.3 Å². The van der Waals surface area contributed by atoms with E-state index in [4.69, 9.17) is 9.26 Å². The Balaban J connectivity index is 1.38. The second-order valence-electron chi connectivity index (χ2n) is 8.14. The molecule has 4 rings (SSSR count). The van der Waals surface area contributed by atoms with Crippen molar-refractivity contribution >= 4 is 11.8 Å². The highest BCUT2D eigenvalue weighted by atomic mass is 16.5. The van der Waals surface area contributed by atoms with Crippen LogP contribution < -0.4 is 0 Å². The highest BCUT2D eigenvalue weighted by Gasteiger charge is 2.40. The van der Waals surface area contributed by atoms with Gasteiger partial charge in [-0.15, -0.1) is 0 Å². The number of fused-ring (bicyclic) bond motifs is 2. The molecule has 0 unspecified atom stereocenters. The van der Waals surface area contributed by atoms with Gasteiger partial charge in [0.1, 0.15) is 5.76 Å². The van der Waals surface area contributed by atoms with Crippen molar-refractivity contribution in [2.45, 2.75) is 52.9 Å². The van der Waals surface area contributed by atoms with Gasteiger partial charge in [-0.05, 0) is 63.9 Å². The smallest absolute Gasteiger partial charge is 0.306 e. The van der Waals surface area contributed by atoms with Gasteiger partial charge in [-0.2, -0.15) is 0 Å². The zero-order chi connectivity index (χ0) is 19.1. The van der Waals surface area contributed by atoms with Gasteiger partial charge in [0.05, 0.1) is 0 Å². The lowest BCUT2D eigenvalue weighted by atomic mass is 9.86. The fourth-order valence-corrected chi connectivity index (χ4v) is 4.98. The Hall–Kier alpha value is -2.37. The highest BCUT2D eigenvalue weighted by Crippen LogP contribution is 2.49. The minimum absolute atomic E-state index is 0.184. The summed E-state index contributed by atoms with van der Waals surface area (Å²) < 4.78 is 12.3. The lowest BCUT2D eigenvalue weighted by molar-refractivity contribution is -0.144. The van der Waals surface area contributed by atoms with E-state index in [2.05, 4.69) is 5.16 Å². The van der Waals surface area contributed by atoms with E-state index in [9.17, 15) is 9.59 Å². The summed E-state index contributed by atoms with van der Waals surface area (Å²) in [6.07, 6.45) is 5.42. The summed E-state index contributed by atoms with van der Waals surface area (Å²) in [5, 5.41) is 4.02. The number of ketones is 1. The van der Waals surface area contributed by atoms with Crippen molar-refractivity contribution in [3.05, 3.63) is 34.8 Å². The van der Waals surface area contributed by atoms with Crippen LogP contribution in [-0.4, -0.2) is 28.1 Å². The minimum atomic E-state index is -0.248. The Bertz CT molecular complexity index is 879. The standard InChI is InChI=1S/C21H26N2O4/c1-12-6-18(14(3)23(12)20-7-13(2)27-22-20)19(24)11-26-21(25)10-17-9-15-4-5-16(17)8-15/h6-7,15-17H,4-5,8-11H2,1-3H3/t15-,16+,17-/m0/s1. The van der Waals surface area contributed by atoms with E-state index in [-0.39, 0.29) is 18.4 Å². The first-order chi connectivity index (χ1) is 12.9. The Morgan fingerprint density at radius 1 is 1.22 bits per heavy atom. The number of Topliss-reactive ketones (excluding diaryl/α,β-unsaturated/α-hetero) is 1. The van der Waals surface area contributed by atoms with E-state index in [0.717, 1.165) is 23.7 Å². The lowest BCUT2D eigenvalue weighted by Gasteiger charge is -2.20. The van der Waals surface area contributed by atoms with Gasteiger partial charge in [-0.1, -0.05) is 11.6 Å². The number of aromatic nitrogens is 2. The lowest BCUT2D eigenvalue weighted by Crippen LogP contribution is -2.20. The summed E-state index contributed by atoms with van der Waals surface area (Å²) >= 11 is 0. The third kappa shape index (κ3) is 3.45. The van der Waals surface area contributed by atoms with Crippen LogP contribution >= 0.6 is 0 Å². The third-order valence-electron chi connectivity index (χ3n) is 6.25. The fraction of sp³-hybridized carbons (Fsp3) is 0.571. The van der Waals surface area contributed by atoms with Crippen LogP contribution in [0.25, 0.3) is 5.82 Å². The molecule has 2 aliphatic rings. The molecule has 2 fully saturated rings. The molecule has 144 valence electrons. The minimum Gasteiger partial charge on any atom is -0.457 e. The molecular formula is C21H26N2O4. The van der Waals surface area contributed by atoms with Crippen molar-refractivity contribution in [2.24, 2.45) is 17.8 Å². The second kappa shape index (κ2) is 6.98. The van der Waals surface area contributed by atoms with E-state index in [1.807, 2.05) is 37.5 Å². The van der Waals surface area contributed by atoms with Gasteiger partial charge in [0, 0.05) is 29.4 Å². The van der Waals surface area contributed by atoms with E-state index in [1.54, 1.807) is 0 Å². The Morgan fingerprint density at radius 3 is 2.67 bits per heavy atom. The first kappa shape index (κ1) is 18.0. The summed E-state index contributed by atoms with van der Waals surface area (Å²) in [6.45, 7) is 5.39. The van der Waals surface area contributed by atoms with Gasteiger partial charge in [0.25, 0.3) is 0 Å². The van der Waals surface area contributed by atoms with Gasteiger partial charge < -0.3 is 9.26 Å². The quantitative estimate of drug-likeness (QED) is 0.569. The van der Waals surface area contributed by atoms with Gasteiger partial charge >= 0.3 is 5.97 Å². The van der Waals surface area contributed by atoms with Crippen molar-refractivity contribution in [1.29, 1.82) is 0 Å². The van der Waals surface area contributed by atoms with Gasteiger partial charge in [0.2, 0.25) is 5.78 Å². The predicted octanol–water partition coefficient (Wildman–Crippen LogP) is 3.94. The molecule has 0 N–H and O–H groups in total. The number of carbonyl (C=O) groups is 2. The van der Waals surface area contributed by atoms with Crippen molar-refractivity contribution < 1.29 is 18.8 Å². The molecule has 6 nitrogen and oxygen atoms in total. The number of ether oxygens (including phenoxy) is 1. The number of aryl methyl sites for hydroxylation is 2. The summed E-state index contributed by atoms with van der Waals surface area (Å²) in [5.41, 5.74) is 2.22. The molecule has 3 atom stereocenters. The van der Waals surface area contributed by atoms with Crippen LogP contribution in [0.15, 0.2) is 16.7 Å². The molecule has 2 heterocycles. The number of esters is 1. The van der Waals surface area contributed by atoms with Crippen LogP contribution in [0.1, 0.15) is 59.6 Å². The third-order valence-corrected chi connectivity index (χ3v) is 6.25. The van der Waals surface area contributed by atoms with Crippen molar-refractivity contribution in [3.63, 3.8) is 0 Å². The van der Waals surface area contributed by atoms with Crippen LogP contribution in [0, 0.1) is 38.5 Å². The Morgan fingerprint density at radius 2 is 2.04 bits per heavy atom. The van der Waals surface area contributed by atoms with Crippen molar-refractivity contribution in [1.82, 2.24) is 9.72 Å². The molecule has 0 aliphatic heterocycles. The molecule has 2 aliphatic carbocycles. The summed E-state index contributed by atoms with van der Waals surface area (Å²) in [6, 6.07) is 3.63. The maximum atomic E-state index is 12.6. The van der Waals surface area contributed by atoms with E-state index >= 15 is 0 Å². The largest absolute Gasteiger partial charge is 0.457 e. The van der Waals surface area contributed by atoms with Gasteiger partial charge in [0.15, 0.2) is 12.4 Å². The average Bonchev–Trinajstić information content (AvgIpc) is 3.38. The maximum absolute atomic E-state index is 12.6. The summed E-state index contributed by atoms with van der Waals surface area (Å²) in [5.74, 6) is 2.86. The molecule has 2 aromatic rings. The monoisotopic (exact) mass is 370 g/mol. The molecule has 0 saturated heterocycles. The van der Waals surface area contributed by atoms with Gasteiger partial charge in [-0.3, -0.25) is 14.2 Å². The fourth-order valence-electron chi connectivity index (χ4n) is 4.98. The Labute approximate surface area is 158 Å². The van der Waals surface area contributed by atoms with Crippen LogP contribution in [0.4, 0.5) is 0 Å². The van der Waals surface area contributed by atoms with E-state index < -0.39 is 0 Å². The number of carbonyl (C=O) groups excluding carboxylic acids is 2. The first-order valence-corrected chi connectivity index (χ1v) is 9.74. The average molecular weight is 370 g/mol. The zero-order valence-electron chi connectivity index (χ0n) is 16.2. The number of hydrogen-bond donors (Lipinski definition) is 0. The number of nitrogens with zero attached hydrogens (tertiary/aromatic N) is 2. The second-order valence-corrected chi connectivity index (χ2v) is 8.14. The molecule has 2 saturated carbocycles. The predicted molar refractivity (Wildman–Crippen MR) is 98.9 cm³/mol. The normalized spacial score (nSPS) is 23.7. The summed E-state index contributed by atoms with van der Waals surface area (Å²) in [4.78, 5) is 24.8. The molecule has 0 aromatic carbocycles.